The molecule has 0 aromatic heterocycles. The van der Waals surface area contributed by atoms with Gasteiger partial charge in [0, 0.05) is 24.3 Å². The third-order valence-corrected chi connectivity index (χ3v) is 5.62. The van der Waals surface area contributed by atoms with Gasteiger partial charge in [0.25, 0.3) is 0 Å². The summed E-state index contributed by atoms with van der Waals surface area (Å²) < 4.78 is 22.9. The quantitative estimate of drug-likeness (QED) is 0.774. The van der Waals surface area contributed by atoms with Crippen LogP contribution in [0.4, 0.5) is 11.4 Å². The summed E-state index contributed by atoms with van der Waals surface area (Å²) in [6.45, 7) is 2.40. The standard InChI is InChI=1S/C20H23N3O4S/c1-2-4-14-7-9-17(10-8-14)23-13-15(11-19(23)24)20(25)22-16-5-3-6-18(12-16)28(21,26)27/h3,5-10,12,15H,2,4,11,13H2,1H3,(H,22,25)(H2,21,26,27)/t15-/m1/s1. The van der Waals surface area contributed by atoms with Gasteiger partial charge < -0.3 is 10.2 Å². The van der Waals surface area contributed by atoms with Crippen molar-refractivity contribution in [3.05, 3.63) is 54.1 Å². The third-order valence-electron chi connectivity index (χ3n) is 4.71. The maximum atomic E-state index is 12.6. The lowest BCUT2D eigenvalue weighted by molar-refractivity contribution is -0.122. The van der Waals surface area contributed by atoms with E-state index in [-0.39, 0.29) is 29.7 Å². The summed E-state index contributed by atoms with van der Waals surface area (Å²) in [6.07, 6.45) is 2.14. The normalized spacial score (nSPS) is 17.0. The predicted octanol–water partition coefficient (Wildman–Crippen LogP) is 2.28. The highest BCUT2D eigenvalue weighted by Gasteiger charge is 2.35. The number of carbonyl (C=O) groups is 2. The van der Waals surface area contributed by atoms with Crippen LogP contribution < -0.4 is 15.4 Å². The summed E-state index contributed by atoms with van der Waals surface area (Å²) in [5.74, 6) is -0.951. The average Bonchev–Trinajstić information content (AvgIpc) is 3.04. The highest BCUT2D eigenvalue weighted by molar-refractivity contribution is 7.89. The molecule has 1 saturated heterocycles. The molecule has 1 aliphatic heterocycles. The summed E-state index contributed by atoms with van der Waals surface area (Å²) in [4.78, 5) is 26.5. The molecule has 3 rings (SSSR count). The van der Waals surface area contributed by atoms with Gasteiger partial charge in [-0.1, -0.05) is 31.5 Å². The van der Waals surface area contributed by atoms with Crippen LogP contribution in [-0.4, -0.2) is 26.8 Å². The van der Waals surface area contributed by atoms with Crippen molar-refractivity contribution < 1.29 is 18.0 Å². The smallest absolute Gasteiger partial charge is 0.238 e. The van der Waals surface area contributed by atoms with Crippen molar-refractivity contribution in [2.75, 3.05) is 16.8 Å². The largest absolute Gasteiger partial charge is 0.326 e. The number of hydrogen-bond donors (Lipinski definition) is 2. The summed E-state index contributed by atoms with van der Waals surface area (Å²) >= 11 is 0. The Morgan fingerprint density at radius 1 is 1.21 bits per heavy atom. The molecule has 1 atom stereocenters. The minimum absolute atomic E-state index is 0.0819. The molecule has 0 spiro atoms. The Balaban J connectivity index is 1.68. The molecule has 28 heavy (non-hydrogen) atoms. The molecule has 3 N–H and O–H groups in total. The molecule has 0 bridgehead atoms. The topological polar surface area (TPSA) is 110 Å². The summed E-state index contributed by atoms with van der Waals surface area (Å²) in [6, 6.07) is 13.5. The van der Waals surface area contributed by atoms with E-state index in [2.05, 4.69) is 12.2 Å². The molecule has 1 fully saturated rings. The number of anilines is 2. The Labute approximate surface area is 164 Å². The van der Waals surface area contributed by atoms with Crippen LogP contribution in [0.5, 0.6) is 0 Å². The molecule has 1 aliphatic rings. The van der Waals surface area contributed by atoms with E-state index in [9.17, 15) is 18.0 Å². The van der Waals surface area contributed by atoms with Crippen LogP contribution in [-0.2, 0) is 26.0 Å². The van der Waals surface area contributed by atoms with Gasteiger partial charge in [0.1, 0.15) is 0 Å². The number of aryl methyl sites for hydroxylation is 1. The zero-order valence-corrected chi connectivity index (χ0v) is 16.4. The van der Waals surface area contributed by atoms with Crippen LogP contribution in [0, 0.1) is 5.92 Å². The van der Waals surface area contributed by atoms with Crippen LogP contribution in [0.3, 0.4) is 0 Å². The maximum Gasteiger partial charge on any atom is 0.238 e. The number of amides is 2. The monoisotopic (exact) mass is 401 g/mol. The van der Waals surface area contributed by atoms with E-state index in [0.29, 0.717) is 5.69 Å². The molecule has 7 nitrogen and oxygen atoms in total. The van der Waals surface area contributed by atoms with Crippen LogP contribution in [0.1, 0.15) is 25.3 Å². The first-order chi connectivity index (χ1) is 13.3. The first-order valence-electron chi connectivity index (χ1n) is 9.11. The Hall–Kier alpha value is -2.71. The number of nitrogens with two attached hydrogens (primary N) is 1. The fourth-order valence-corrected chi connectivity index (χ4v) is 3.82. The molecule has 0 unspecified atom stereocenters. The van der Waals surface area contributed by atoms with Crippen molar-refractivity contribution >= 4 is 33.2 Å². The second-order valence-electron chi connectivity index (χ2n) is 6.88. The highest BCUT2D eigenvalue weighted by atomic mass is 32.2. The van der Waals surface area contributed by atoms with Crippen LogP contribution in [0.25, 0.3) is 0 Å². The predicted molar refractivity (Wildman–Crippen MR) is 107 cm³/mol. The van der Waals surface area contributed by atoms with Gasteiger partial charge in [0.05, 0.1) is 10.8 Å². The molecule has 0 saturated carbocycles. The first-order valence-corrected chi connectivity index (χ1v) is 10.7. The molecular formula is C20H23N3O4S. The van der Waals surface area contributed by atoms with Crippen molar-refractivity contribution in [1.82, 2.24) is 0 Å². The second-order valence-corrected chi connectivity index (χ2v) is 8.45. The summed E-state index contributed by atoms with van der Waals surface area (Å²) in [7, 11) is -3.86. The first kappa shape index (κ1) is 20.0. The molecule has 148 valence electrons. The molecule has 8 heteroatoms. The van der Waals surface area contributed by atoms with Gasteiger partial charge in [0.15, 0.2) is 0 Å². The lowest BCUT2D eigenvalue weighted by Gasteiger charge is -2.17. The van der Waals surface area contributed by atoms with Crippen LogP contribution in [0.15, 0.2) is 53.4 Å². The Kier molecular flexibility index (Phi) is 5.81. The molecule has 1 heterocycles. The van der Waals surface area contributed by atoms with Crippen LogP contribution in [0.2, 0.25) is 0 Å². The number of nitrogens with one attached hydrogen (secondary N) is 1. The zero-order chi connectivity index (χ0) is 20.3. The van der Waals surface area contributed by atoms with Gasteiger partial charge in [0.2, 0.25) is 21.8 Å². The molecule has 2 amide bonds. The van der Waals surface area contributed by atoms with E-state index in [1.54, 1.807) is 11.0 Å². The Morgan fingerprint density at radius 3 is 2.57 bits per heavy atom. The lowest BCUT2D eigenvalue weighted by atomic mass is 10.1. The van der Waals surface area contributed by atoms with Crippen molar-refractivity contribution in [3.63, 3.8) is 0 Å². The van der Waals surface area contributed by atoms with Crippen molar-refractivity contribution in [3.8, 4) is 0 Å². The molecule has 2 aromatic carbocycles. The van der Waals surface area contributed by atoms with Gasteiger partial charge in [-0.05, 0) is 42.3 Å². The fraction of sp³-hybridized carbons (Fsp3) is 0.300. The van der Waals surface area contributed by atoms with Gasteiger partial charge in [-0.15, -0.1) is 0 Å². The number of primary sulfonamides is 1. The lowest BCUT2D eigenvalue weighted by Crippen LogP contribution is -2.28. The number of rotatable bonds is 6. The number of nitrogens with zero attached hydrogens (tertiary/aromatic N) is 1. The van der Waals surface area contributed by atoms with Gasteiger partial charge >= 0.3 is 0 Å². The molecule has 0 radical (unpaired) electrons. The second kappa shape index (κ2) is 8.12. The minimum atomic E-state index is -3.86. The summed E-state index contributed by atoms with van der Waals surface area (Å²) in [5.41, 5.74) is 2.31. The molecule has 0 aliphatic carbocycles. The molecule has 2 aromatic rings. The highest BCUT2D eigenvalue weighted by Crippen LogP contribution is 2.27. The van der Waals surface area contributed by atoms with E-state index in [1.807, 2.05) is 24.3 Å². The van der Waals surface area contributed by atoms with E-state index in [0.717, 1.165) is 18.5 Å². The van der Waals surface area contributed by atoms with E-state index < -0.39 is 15.9 Å². The Morgan fingerprint density at radius 2 is 1.93 bits per heavy atom. The number of sulfonamides is 1. The van der Waals surface area contributed by atoms with Crippen molar-refractivity contribution in [2.45, 2.75) is 31.1 Å². The SMILES string of the molecule is CCCc1ccc(N2C[C@H](C(=O)Nc3cccc(S(N)(=O)=O)c3)CC2=O)cc1. The Bertz CT molecular complexity index is 987. The molecular weight excluding hydrogens is 378 g/mol. The summed E-state index contributed by atoms with van der Waals surface area (Å²) in [5, 5.41) is 7.79. The van der Waals surface area contributed by atoms with E-state index >= 15 is 0 Å². The van der Waals surface area contributed by atoms with Gasteiger partial charge in [-0.25, -0.2) is 13.6 Å². The van der Waals surface area contributed by atoms with Gasteiger partial charge in [-0.2, -0.15) is 0 Å². The number of hydrogen-bond acceptors (Lipinski definition) is 4. The fourth-order valence-electron chi connectivity index (χ4n) is 3.26. The van der Waals surface area contributed by atoms with Gasteiger partial charge in [-0.3, -0.25) is 9.59 Å². The number of carbonyl (C=O) groups excluding carboxylic acids is 2. The minimum Gasteiger partial charge on any atom is -0.326 e. The van der Waals surface area contributed by atoms with E-state index in [4.69, 9.17) is 5.14 Å². The third kappa shape index (κ3) is 4.58. The number of benzene rings is 2. The average molecular weight is 401 g/mol. The zero-order valence-electron chi connectivity index (χ0n) is 15.6. The van der Waals surface area contributed by atoms with Crippen LogP contribution >= 0.6 is 0 Å². The van der Waals surface area contributed by atoms with Crippen molar-refractivity contribution in [2.24, 2.45) is 11.1 Å². The van der Waals surface area contributed by atoms with E-state index in [1.165, 1.54) is 23.8 Å². The van der Waals surface area contributed by atoms with Crippen molar-refractivity contribution in [1.29, 1.82) is 0 Å². The maximum absolute atomic E-state index is 12.6.